The molecule has 1 aliphatic heterocycles. The molecule has 2 atom stereocenters. The zero-order valence-corrected chi connectivity index (χ0v) is 13.2. The van der Waals surface area contributed by atoms with Gasteiger partial charge in [0.25, 0.3) is 0 Å². The number of thioether (sulfide) groups is 1. The van der Waals surface area contributed by atoms with Crippen LogP contribution in [0.3, 0.4) is 0 Å². The van der Waals surface area contributed by atoms with Gasteiger partial charge >= 0.3 is 5.97 Å². The number of carbonyl (C=O) groups excluding carboxylic acids is 1. The third-order valence-corrected chi connectivity index (χ3v) is 5.69. The Kier molecular flexibility index (Phi) is 4.99. The third-order valence-electron chi connectivity index (χ3n) is 4.71. The van der Waals surface area contributed by atoms with Crippen molar-refractivity contribution in [2.45, 2.75) is 39.5 Å². The molecule has 0 aromatic carbocycles. The van der Waals surface area contributed by atoms with E-state index in [1.54, 1.807) is 16.7 Å². The van der Waals surface area contributed by atoms with Gasteiger partial charge in [0.05, 0.1) is 11.2 Å². The Hall–Kier alpha value is -0.710. The van der Waals surface area contributed by atoms with E-state index in [0.717, 1.165) is 31.4 Å². The number of carboxylic acid groups (broad SMARTS) is 1. The molecule has 0 unspecified atom stereocenters. The fourth-order valence-electron chi connectivity index (χ4n) is 3.40. The molecule has 0 aromatic rings. The van der Waals surface area contributed by atoms with Crippen LogP contribution in [0.25, 0.3) is 0 Å². The second kappa shape index (κ2) is 6.37. The summed E-state index contributed by atoms with van der Waals surface area (Å²) in [7, 11) is 0. The van der Waals surface area contributed by atoms with Gasteiger partial charge in [-0.1, -0.05) is 20.3 Å². The molecule has 0 radical (unpaired) electrons. The summed E-state index contributed by atoms with van der Waals surface area (Å²) in [5, 5.41) is 9.51. The average molecular weight is 299 g/mol. The minimum absolute atomic E-state index is 0.119. The summed E-state index contributed by atoms with van der Waals surface area (Å²) >= 11 is 1.67. The highest BCUT2D eigenvalue weighted by molar-refractivity contribution is 7.99. The van der Waals surface area contributed by atoms with Crippen molar-refractivity contribution in [3.05, 3.63) is 0 Å². The molecule has 1 saturated heterocycles. The standard InChI is InChI=1S/C15H25NO3S/c1-11(2)5-7-20-9-13(17)16-8-12-4-3-6-15(12,10-16)14(18)19/h11-12H,3-10H2,1-2H3,(H,18,19)/t12-,15+/m0/s1. The average Bonchev–Trinajstić information content (AvgIpc) is 2.91. The maximum absolute atomic E-state index is 12.2. The first kappa shape index (κ1) is 15.7. The second-order valence-electron chi connectivity index (χ2n) is 6.56. The number of fused-ring (bicyclic) bond motifs is 1. The number of amides is 1. The van der Waals surface area contributed by atoms with Crippen LogP contribution in [0.15, 0.2) is 0 Å². The first-order chi connectivity index (χ1) is 9.45. The van der Waals surface area contributed by atoms with E-state index >= 15 is 0 Å². The van der Waals surface area contributed by atoms with E-state index in [2.05, 4.69) is 13.8 Å². The Labute approximate surface area is 125 Å². The molecule has 0 spiro atoms. The number of nitrogens with zero attached hydrogens (tertiary/aromatic N) is 1. The molecule has 1 aliphatic carbocycles. The van der Waals surface area contributed by atoms with Crippen molar-refractivity contribution in [3.8, 4) is 0 Å². The van der Waals surface area contributed by atoms with Crippen LogP contribution in [0.1, 0.15) is 39.5 Å². The number of aliphatic carboxylic acids is 1. The summed E-state index contributed by atoms with van der Waals surface area (Å²) in [4.78, 5) is 25.6. The quantitative estimate of drug-likeness (QED) is 0.766. The number of likely N-dealkylation sites (tertiary alicyclic amines) is 1. The maximum atomic E-state index is 12.2. The van der Waals surface area contributed by atoms with Crippen LogP contribution in [0, 0.1) is 17.3 Å². The van der Waals surface area contributed by atoms with Gasteiger partial charge in [0.2, 0.25) is 5.91 Å². The monoisotopic (exact) mass is 299 g/mol. The van der Waals surface area contributed by atoms with Crippen molar-refractivity contribution in [2.75, 3.05) is 24.6 Å². The number of rotatable bonds is 6. The van der Waals surface area contributed by atoms with Gasteiger partial charge in [-0.2, -0.15) is 11.8 Å². The van der Waals surface area contributed by atoms with Gasteiger partial charge in [-0.15, -0.1) is 0 Å². The van der Waals surface area contributed by atoms with Crippen molar-refractivity contribution in [1.29, 1.82) is 0 Å². The molecule has 1 N–H and O–H groups in total. The number of hydrogen-bond donors (Lipinski definition) is 1. The lowest BCUT2D eigenvalue weighted by atomic mass is 9.81. The molecular weight excluding hydrogens is 274 g/mol. The predicted molar refractivity (Wildman–Crippen MR) is 80.8 cm³/mol. The predicted octanol–water partition coefficient (Wildman–Crippen LogP) is 2.48. The first-order valence-electron chi connectivity index (χ1n) is 7.54. The summed E-state index contributed by atoms with van der Waals surface area (Å²) in [6.45, 7) is 5.44. The Balaban J connectivity index is 1.83. The van der Waals surface area contributed by atoms with Gasteiger partial charge in [-0.3, -0.25) is 9.59 Å². The van der Waals surface area contributed by atoms with E-state index in [0.29, 0.717) is 24.8 Å². The van der Waals surface area contributed by atoms with Crippen LogP contribution >= 0.6 is 11.8 Å². The molecule has 5 heteroatoms. The summed E-state index contributed by atoms with van der Waals surface area (Å²) in [6.07, 6.45) is 3.80. The summed E-state index contributed by atoms with van der Waals surface area (Å²) in [6, 6.07) is 0. The van der Waals surface area contributed by atoms with Crippen LogP contribution in [-0.2, 0) is 9.59 Å². The number of hydrogen-bond acceptors (Lipinski definition) is 3. The molecule has 2 aliphatic rings. The van der Waals surface area contributed by atoms with Crippen molar-refractivity contribution >= 4 is 23.6 Å². The molecule has 4 nitrogen and oxygen atoms in total. The minimum atomic E-state index is -0.706. The van der Waals surface area contributed by atoms with E-state index in [9.17, 15) is 14.7 Å². The highest BCUT2D eigenvalue weighted by Crippen LogP contribution is 2.48. The molecule has 0 bridgehead atoms. The summed E-state index contributed by atoms with van der Waals surface area (Å²) < 4.78 is 0. The maximum Gasteiger partial charge on any atom is 0.311 e. The van der Waals surface area contributed by atoms with Crippen LogP contribution in [0.4, 0.5) is 0 Å². The highest BCUT2D eigenvalue weighted by atomic mass is 32.2. The van der Waals surface area contributed by atoms with Gasteiger partial charge in [-0.05, 0) is 36.9 Å². The number of carboxylic acids is 1. The fraction of sp³-hybridized carbons (Fsp3) is 0.867. The van der Waals surface area contributed by atoms with Crippen LogP contribution in [-0.4, -0.2) is 46.5 Å². The molecule has 114 valence electrons. The van der Waals surface area contributed by atoms with Crippen molar-refractivity contribution in [3.63, 3.8) is 0 Å². The Morgan fingerprint density at radius 2 is 2.20 bits per heavy atom. The zero-order chi connectivity index (χ0) is 14.8. The largest absolute Gasteiger partial charge is 0.481 e. The molecular formula is C15H25NO3S. The van der Waals surface area contributed by atoms with Gasteiger partial charge in [0.15, 0.2) is 0 Å². The van der Waals surface area contributed by atoms with E-state index in [1.807, 2.05) is 0 Å². The van der Waals surface area contributed by atoms with E-state index < -0.39 is 11.4 Å². The van der Waals surface area contributed by atoms with Gasteiger partial charge < -0.3 is 10.0 Å². The summed E-state index contributed by atoms with van der Waals surface area (Å²) in [5.41, 5.74) is -0.641. The highest BCUT2D eigenvalue weighted by Gasteiger charge is 2.55. The molecule has 2 rings (SSSR count). The van der Waals surface area contributed by atoms with Crippen molar-refractivity contribution in [2.24, 2.45) is 17.3 Å². The van der Waals surface area contributed by atoms with E-state index in [4.69, 9.17) is 0 Å². The lowest BCUT2D eigenvalue weighted by molar-refractivity contribution is -0.149. The Morgan fingerprint density at radius 1 is 1.45 bits per heavy atom. The van der Waals surface area contributed by atoms with Gasteiger partial charge in [0, 0.05) is 13.1 Å². The SMILES string of the molecule is CC(C)CCSCC(=O)N1C[C@@H]2CCC[C@@]2(C(=O)O)C1. The van der Waals surface area contributed by atoms with E-state index in [1.165, 1.54) is 0 Å². The lowest BCUT2D eigenvalue weighted by Gasteiger charge is -2.23. The molecule has 1 amide bonds. The van der Waals surface area contributed by atoms with Gasteiger partial charge in [0.1, 0.15) is 0 Å². The summed E-state index contributed by atoms with van der Waals surface area (Å²) in [5.74, 6) is 1.75. The van der Waals surface area contributed by atoms with Crippen LogP contribution in [0.5, 0.6) is 0 Å². The third kappa shape index (κ3) is 3.13. The lowest BCUT2D eigenvalue weighted by Crippen LogP contribution is -2.37. The van der Waals surface area contributed by atoms with Gasteiger partial charge in [-0.25, -0.2) is 0 Å². The Bertz CT molecular complexity index is 385. The Morgan fingerprint density at radius 3 is 2.80 bits per heavy atom. The van der Waals surface area contributed by atoms with Crippen LogP contribution in [0.2, 0.25) is 0 Å². The second-order valence-corrected chi connectivity index (χ2v) is 7.66. The van der Waals surface area contributed by atoms with Crippen LogP contribution < -0.4 is 0 Å². The van der Waals surface area contributed by atoms with Crippen molar-refractivity contribution < 1.29 is 14.7 Å². The zero-order valence-electron chi connectivity index (χ0n) is 12.4. The minimum Gasteiger partial charge on any atom is -0.481 e. The molecule has 20 heavy (non-hydrogen) atoms. The fourth-order valence-corrected chi connectivity index (χ4v) is 4.54. The molecule has 1 saturated carbocycles. The first-order valence-corrected chi connectivity index (χ1v) is 8.70. The smallest absolute Gasteiger partial charge is 0.311 e. The number of carbonyl (C=O) groups is 2. The van der Waals surface area contributed by atoms with Crippen molar-refractivity contribution in [1.82, 2.24) is 4.90 Å². The molecule has 1 heterocycles. The molecule has 2 fully saturated rings. The van der Waals surface area contributed by atoms with E-state index in [-0.39, 0.29) is 11.8 Å². The topological polar surface area (TPSA) is 57.6 Å². The normalized spacial score (nSPS) is 28.9. The molecule has 0 aromatic heterocycles.